The third kappa shape index (κ3) is 4.10. The van der Waals surface area contributed by atoms with E-state index in [-0.39, 0.29) is 5.82 Å². The first-order valence-electron chi connectivity index (χ1n) is 10.8. The fourth-order valence-electron chi connectivity index (χ4n) is 4.50. The summed E-state index contributed by atoms with van der Waals surface area (Å²) in [6.07, 6.45) is 2.28. The van der Waals surface area contributed by atoms with E-state index < -0.39 is 0 Å². The Balaban J connectivity index is 1.27. The minimum atomic E-state index is -0.236. The topological polar surface area (TPSA) is 51.6 Å². The second kappa shape index (κ2) is 8.23. The lowest BCUT2D eigenvalue weighted by molar-refractivity contribution is 0.174. The third-order valence-electron chi connectivity index (χ3n) is 6.14. The van der Waals surface area contributed by atoms with Crippen molar-refractivity contribution in [2.75, 3.05) is 25.2 Å². The lowest BCUT2D eigenvalue weighted by atomic mass is 10.0. The smallest absolute Gasteiger partial charge is 0.231 e. The lowest BCUT2D eigenvalue weighted by Crippen LogP contribution is -2.41. The number of halogens is 1. The number of hydrogen-bond donors (Lipinski definition) is 1. The highest BCUT2D eigenvalue weighted by atomic mass is 19.1. The minimum Gasteiger partial charge on any atom is -0.454 e. The Morgan fingerprint density at radius 2 is 1.90 bits per heavy atom. The van der Waals surface area contributed by atoms with Crippen molar-refractivity contribution < 1.29 is 13.9 Å². The Morgan fingerprint density at radius 1 is 1.10 bits per heavy atom. The molecule has 6 nitrogen and oxygen atoms in total. The summed E-state index contributed by atoms with van der Waals surface area (Å²) in [5, 5.41) is 8.38. The average Bonchev–Trinajstić information content (AvgIpc) is 3.34. The van der Waals surface area contributed by atoms with Crippen LogP contribution in [-0.2, 0) is 6.54 Å². The van der Waals surface area contributed by atoms with Crippen molar-refractivity contribution in [2.24, 2.45) is 0 Å². The Hall–Kier alpha value is -3.06. The van der Waals surface area contributed by atoms with Crippen LogP contribution in [0.15, 0.2) is 42.5 Å². The van der Waals surface area contributed by atoms with Gasteiger partial charge in [0.05, 0.1) is 11.4 Å². The van der Waals surface area contributed by atoms with Crippen LogP contribution in [0.5, 0.6) is 11.5 Å². The number of anilines is 1. The third-order valence-corrected chi connectivity index (χ3v) is 6.14. The fraction of sp³-hybridized carbons (Fsp3) is 0.375. The molecule has 3 heterocycles. The summed E-state index contributed by atoms with van der Waals surface area (Å²) in [5.74, 6) is 1.37. The first-order chi connectivity index (χ1) is 15.1. The van der Waals surface area contributed by atoms with Gasteiger partial charge in [-0.3, -0.25) is 4.90 Å². The van der Waals surface area contributed by atoms with Gasteiger partial charge < -0.3 is 14.8 Å². The van der Waals surface area contributed by atoms with Crippen LogP contribution in [0, 0.1) is 19.7 Å². The molecular weight excluding hydrogens is 395 g/mol. The van der Waals surface area contributed by atoms with Crippen LogP contribution < -0.4 is 14.8 Å². The predicted molar refractivity (Wildman–Crippen MR) is 117 cm³/mol. The summed E-state index contributed by atoms with van der Waals surface area (Å²) in [6, 6.07) is 12.9. The van der Waals surface area contributed by atoms with Crippen LogP contribution in [0.2, 0.25) is 0 Å². The summed E-state index contributed by atoms with van der Waals surface area (Å²) >= 11 is 0. The molecule has 0 bridgehead atoms. The van der Waals surface area contributed by atoms with Gasteiger partial charge >= 0.3 is 0 Å². The number of ether oxygens (including phenoxy) is 2. The number of aromatic nitrogens is 2. The highest BCUT2D eigenvalue weighted by molar-refractivity contribution is 5.56. The number of benzene rings is 2. The maximum absolute atomic E-state index is 13.3. The standard InChI is InChI=1S/C24H27FN4O2/c1-16-22(17(2)29(27-16)21-8-5-18(25)6-9-21)14-28-11-3-4-20(13-28)26-19-7-10-23-24(12-19)31-15-30-23/h5-10,12,20,26H,3-4,11,13-15H2,1-2H3. The predicted octanol–water partition coefficient (Wildman–Crippen LogP) is 4.43. The van der Waals surface area contributed by atoms with Gasteiger partial charge in [0.25, 0.3) is 0 Å². The zero-order valence-corrected chi connectivity index (χ0v) is 17.9. The second-order valence-electron chi connectivity index (χ2n) is 8.32. The number of fused-ring (bicyclic) bond motifs is 1. The minimum absolute atomic E-state index is 0.236. The van der Waals surface area contributed by atoms with Crippen molar-refractivity contribution in [3.05, 3.63) is 65.2 Å². The quantitative estimate of drug-likeness (QED) is 0.659. The number of rotatable bonds is 5. The average molecular weight is 423 g/mol. The van der Waals surface area contributed by atoms with Gasteiger partial charge in [-0.15, -0.1) is 0 Å². The van der Waals surface area contributed by atoms with Crippen molar-refractivity contribution >= 4 is 5.69 Å². The van der Waals surface area contributed by atoms with Gasteiger partial charge in [0, 0.05) is 42.1 Å². The summed E-state index contributed by atoms with van der Waals surface area (Å²) in [6.45, 7) is 7.33. The van der Waals surface area contributed by atoms with Crippen LogP contribution >= 0.6 is 0 Å². The van der Waals surface area contributed by atoms with Crippen molar-refractivity contribution in [1.82, 2.24) is 14.7 Å². The van der Waals surface area contributed by atoms with E-state index >= 15 is 0 Å². The van der Waals surface area contributed by atoms with Gasteiger partial charge in [-0.1, -0.05) is 0 Å². The monoisotopic (exact) mass is 422 g/mol. The molecule has 0 spiro atoms. The maximum Gasteiger partial charge on any atom is 0.231 e. The number of aryl methyl sites for hydroxylation is 1. The molecule has 1 unspecified atom stereocenters. The highest BCUT2D eigenvalue weighted by Crippen LogP contribution is 2.34. The number of nitrogens with one attached hydrogen (secondary N) is 1. The van der Waals surface area contributed by atoms with Crippen LogP contribution in [0.3, 0.4) is 0 Å². The fourth-order valence-corrected chi connectivity index (χ4v) is 4.50. The van der Waals surface area contributed by atoms with E-state index in [2.05, 4.69) is 24.1 Å². The lowest BCUT2D eigenvalue weighted by Gasteiger charge is -2.33. The molecule has 0 amide bonds. The van der Waals surface area contributed by atoms with E-state index in [4.69, 9.17) is 14.6 Å². The molecule has 7 heteroatoms. The van der Waals surface area contributed by atoms with E-state index in [1.54, 1.807) is 12.1 Å². The molecule has 1 N–H and O–H groups in total. The molecule has 0 radical (unpaired) electrons. The van der Waals surface area contributed by atoms with Crippen LogP contribution in [0.4, 0.5) is 10.1 Å². The molecule has 1 saturated heterocycles. The SMILES string of the molecule is Cc1nn(-c2ccc(F)cc2)c(C)c1CN1CCCC(Nc2ccc3c(c2)OCO3)C1. The zero-order chi connectivity index (χ0) is 21.4. The number of hydrogen-bond acceptors (Lipinski definition) is 5. The molecular formula is C24H27FN4O2. The van der Waals surface area contributed by atoms with Gasteiger partial charge in [0.1, 0.15) is 5.82 Å². The molecule has 1 atom stereocenters. The van der Waals surface area contributed by atoms with Crippen LogP contribution in [0.1, 0.15) is 29.8 Å². The van der Waals surface area contributed by atoms with Crippen molar-refractivity contribution in [3.63, 3.8) is 0 Å². The van der Waals surface area contributed by atoms with Gasteiger partial charge in [0.2, 0.25) is 6.79 Å². The second-order valence-corrected chi connectivity index (χ2v) is 8.32. The van der Waals surface area contributed by atoms with Crippen molar-refractivity contribution in [2.45, 2.75) is 39.3 Å². The van der Waals surface area contributed by atoms with Crippen LogP contribution in [0.25, 0.3) is 5.69 Å². The molecule has 1 aromatic heterocycles. The molecule has 3 aromatic rings. The van der Waals surface area contributed by atoms with E-state index in [0.717, 1.165) is 66.7 Å². The van der Waals surface area contributed by atoms with Crippen molar-refractivity contribution in [1.29, 1.82) is 0 Å². The molecule has 1 fully saturated rings. The van der Waals surface area contributed by atoms with E-state index in [9.17, 15) is 4.39 Å². The molecule has 2 aromatic carbocycles. The Kier molecular flexibility index (Phi) is 5.28. The first kappa shape index (κ1) is 19.9. The van der Waals surface area contributed by atoms with E-state index in [1.807, 2.05) is 22.9 Å². The summed E-state index contributed by atoms with van der Waals surface area (Å²) < 4.78 is 26.1. The number of piperidine rings is 1. The Bertz CT molecular complexity index is 1080. The maximum atomic E-state index is 13.3. The van der Waals surface area contributed by atoms with E-state index in [0.29, 0.717) is 12.8 Å². The summed E-state index contributed by atoms with van der Waals surface area (Å²) in [4.78, 5) is 2.49. The largest absolute Gasteiger partial charge is 0.454 e. The molecule has 0 saturated carbocycles. The molecule has 5 rings (SSSR count). The van der Waals surface area contributed by atoms with Gasteiger partial charge in [0.15, 0.2) is 11.5 Å². The zero-order valence-electron chi connectivity index (χ0n) is 17.9. The van der Waals surface area contributed by atoms with E-state index in [1.165, 1.54) is 17.7 Å². The van der Waals surface area contributed by atoms with Gasteiger partial charge in [-0.2, -0.15) is 5.10 Å². The van der Waals surface area contributed by atoms with Gasteiger partial charge in [-0.05, 0) is 69.6 Å². The molecule has 0 aliphatic carbocycles. The molecule has 2 aliphatic rings. The summed E-state index contributed by atoms with van der Waals surface area (Å²) in [7, 11) is 0. The molecule has 31 heavy (non-hydrogen) atoms. The Labute approximate surface area is 181 Å². The van der Waals surface area contributed by atoms with Gasteiger partial charge in [-0.25, -0.2) is 9.07 Å². The number of likely N-dealkylation sites (tertiary alicyclic amines) is 1. The number of nitrogens with zero attached hydrogens (tertiary/aromatic N) is 3. The molecule has 2 aliphatic heterocycles. The molecule has 162 valence electrons. The highest BCUT2D eigenvalue weighted by Gasteiger charge is 2.23. The Morgan fingerprint density at radius 3 is 2.74 bits per heavy atom. The normalized spacial score (nSPS) is 18.4. The summed E-state index contributed by atoms with van der Waals surface area (Å²) in [5.41, 5.74) is 5.32. The first-order valence-corrected chi connectivity index (χ1v) is 10.8. The van der Waals surface area contributed by atoms with Crippen molar-refractivity contribution in [3.8, 4) is 17.2 Å². The van der Waals surface area contributed by atoms with Crippen LogP contribution in [-0.4, -0.2) is 40.6 Å².